The van der Waals surface area contributed by atoms with Crippen molar-refractivity contribution in [2.75, 3.05) is 0 Å². The molecule has 1 amide bonds. The second-order valence-electron chi connectivity index (χ2n) is 6.59. The molecule has 1 aromatic heterocycles. The summed E-state index contributed by atoms with van der Waals surface area (Å²) in [6.45, 7) is 1.96. The fourth-order valence-electron chi connectivity index (χ4n) is 2.91. The number of hydrogen-bond donors (Lipinski definition) is 1. The first-order valence-corrected chi connectivity index (χ1v) is 9.54. The zero-order valence-corrected chi connectivity index (χ0v) is 16.6. The first-order valence-electron chi connectivity index (χ1n) is 9.16. The molecule has 1 atom stereocenters. The van der Waals surface area contributed by atoms with E-state index in [0.717, 1.165) is 16.8 Å². The van der Waals surface area contributed by atoms with Gasteiger partial charge in [-0.05, 0) is 29.7 Å². The molecule has 1 heterocycles. The van der Waals surface area contributed by atoms with Crippen molar-refractivity contribution in [3.8, 4) is 0 Å². The topological polar surface area (TPSA) is 98.3 Å². The largest absolute Gasteiger partial charge is 0.446 e. The van der Waals surface area contributed by atoms with Crippen LogP contribution in [0.15, 0.2) is 59.2 Å². The monoisotopic (exact) mass is 413 g/mol. The molecule has 150 valence electrons. The molecule has 29 heavy (non-hydrogen) atoms. The molecule has 7 nitrogen and oxygen atoms in total. The summed E-state index contributed by atoms with van der Waals surface area (Å²) in [6.07, 6.45) is 2.84. The number of carbonyl (C=O) groups excluding carboxylic acids is 1. The SMILES string of the molecule is CCc1coc([C@H](Cc2ccc([N+](=O)[O-])cc2)NC(=O)Cc2cccc(Cl)c2)n1. The van der Waals surface area contributed by atoms with Gasteiger partial charge in [-0.25, -0.2) is 4.98 Å². The lowest BCUT2D eigenvalue weighted by Gasteiger charge is -2.16. The number of hydrogen-bond acceptors (Lipinski definition) is 5. The molecule has 0 unspecified atom stereocenters. The predicted molar refractivity (Wildman–Crippen MR) is 109 cm³/mol. The Kier molecular flexibility index (Phi) is 6.61. The highest BCUT2D eigenvalue weighted by Gasteiger charge is 2.21. The van der Waals surface area contributed by atoms with Gasteiger partial charge in [0, 0.05) is 23.6 Å². The molecular formula is C21H20ClN3O4. The van der Waals surface area contributed by atoms with Crippen LogP contribution in [0, 0.1) is 10.1 Å². The molecule has 2 aromatic carbocycles. The molecule has 0 bridgehead atoms. The second-order valence-corrected chi connectivity index (χ2v) is 7.02. The molecule has 0 spiro atoms. The fourth-order valence-corrected chi connectivity index (χ4v) is 3.13. The number of nitro groups is 1. The van der Waals surface area contributed by atoms with Crippen LogP contribution in [-0.4, -0.2) is 15.8 Å². The number of amides is 1. The van der Waals surface area contributed by atoms with E-state index in [2.05, 4.69) is 10.3 Å². The van der Waals surface area contributed by atoms with E-state index in [0.29, 0.717) is 23.8 Å². The zero-order valence-electron chi connectivity index (χ0n) is 15.8. The van der Waals surface area contributed by atoms with Crippen LogP contribution in [0.25, 0.3) is 0 Å². The van der Waals surface area contributed by atoms with Crippen LogP contribution in [0.1, 0.15) is 35.7 Å². The molecule has 0 aliphatic carbocycles. The van der Waals surface area contributed by atoms with Gasteiger partial charge in [-0.2, -0.15) is 0 Å². The van der Waals surface area contributed by atoms with E-state index in [1.807, 2.05) is 13.0 Å². The van der Waals surface area contributed by atoms with E-state index in [1.54, 1.807) is 36.6 Å². The average Bonchev–Trinajstić information content (AvgIpc) is 3.17. The molecule has 0 aliphatic rings. The Morgan fingerprint density at radius 2 is 2.00 bits per heavy atom. The number of carbonyl (C=O) groups is 1. The van der Waals surface area contributed by atoms with E-state index in [-0.39, 0.29) is 18.0 Å². The first kappa shape index (κ1) is 20.5. The zero-order chi connectivity index (χ0) is 20.8. The highest BCUT2D eigenvalue weighted by atomic mass is 35.5. The number of aromatic nitrogens is 1. The number of aryl methyl sites for hydroxylation is 1. The third-order valence-electron chi connectivity index (χ3n) is 4.41. The number of nitro benzene ring substituents is 1. The van der Waals surface area contributed by atoms with Gasteiger partial charge in [0.25, 0.3) is 5.69 Å². The summed E-state index contributed by atoms with van der Waals surface area (Å²) in [4.78, 5) is 27.4. The lowest BCUT2D eigenvalue weighted by molar-refractivity contribution is -0.384. The molecule has 8 heteroatoms. The van der Waals surface area contributed by atoms with Crippen molar-refractivity contribution in [1.82, 2.24) is 10.3 Å². The van der Waals surface area contributed by atoms with Crippen molar-refractivity contribution in [2.45, 2.75) is 32.2 Å². The average molecular weight is 414 g/mol. The first-order chi connectivity index (χ1) is 13.9. The number of nitrogens with zero attached hydrogens (tertiary/aromatic N) is 2. The van der Waals surface area contributed by atoms with Crippen LogP contribution >= 0.6 is 11.6 Å². The number of halogens is 1. The molecule has 3 rings (SSSR count). The minimum absolute atomic E-state index is 0.0136. The van der Waals surface area contributed by atoms with Crippen molar-refractivity contribution in [3.05, 3.63) is 92.6 Å². The minimum Gasteiger partial charge on any atom is -0.446 e. The molecule has 0 radical (unpaired) electrons. The maximum absolute atomic E-state index is 12.6. The van der Waals surface area contributed by atoms with E-state index in [1.165, 1.54) is 12.1 Å². The summed E-state index contributed by atoms with van der Waals surface area (Å²) in [6, 6.07) is 12.8. The molecular weight excluding hydrogens is 394 g/mol. The van der Waals surface area contributed by atoms with Gasteiger partial charge >= 0.3 is 0 Å². The van der Waals surface area contributed by atoms with Gasteiger partial charge in [-0.1, -0.05) is 42.8 Å². The van der Waals surface area contributed by atoms with Crippen LogP contribution in [-0.2, 0) is 24.1 Å². The molecule has 0 saturated heterocycles. The summed E-state index contributed by atoms with van der Waals surface area (Å²) in [5.74, 6) is 0.204. The van der Waals surface area contributed by atoms with Crippen LogP contribution in [0.4, 0.5) is 5.69 Å². The van der Waals surface area contributed by atoms with Gasteiger partial charge in [0.1, 0.15) is 12.3 Å². The van der Waals surface area contributed by atoms with Gasteiger partial charge < -0.3 is 9.73 Å². The van der Waals surface area contributed by atoms with Crippen molar-refractivity contribution < 1.29 is 14.1 Å². The summed E-state index contributed by atoms with van der Waals surface area (Å²) < 4.78 is 5.57. The summed E-state index contributed by atoms with van der Waals surface area (Å²) in [7, 11) is 0. The van der Waals surface area contributed by atoms with Crippen LogP contribution < -0.4 is 5.32 Å². The summed E-state index contributed by atoms with van der Waals surface area (Å²) >= 11 is 5.99. The van der Waals surface area contributed by atoms with E-state index >= 15 is 0 Å². The molecule has 3 aromatic rings. The third-order valence-corrected chi connectivity index (χ3v) is 4.64. The number of oxazole rings is 1. The summed E-state index contributed by atoms with van der Waals surface area (Å²) in [5.41, 5.74) is 2.42. The Hall–Kier alpha value is -3.19. The highest BCUT2D eigenvalue weighted by molar-refractivity contribution is 6.30. The van der Waals surface area contributed by atoms with Crippen molar-refractivity contribution in [3.63, 3.8) is 0 Å². The highest BCUT2D eigenvalue weighted by Crippen LogP contribution is 2.21. The van der Waals surface area contributed by atoms with E-state index in [9.17, 15) is 14.9 Å². The predicted octanol–water partition coefficient (Wildman–Crippen LogP) is 4.44. The third kappa shape index (κ3) is 5.65. The lowest BCUT2D eigenvalue weighted by Crippen LogP contribution is -2.31. The maximum Gasteiger partial charge on any atom is 0.269 e. The normalized spacial score (nSPS) is 11.8. The molecule has 1 N–H and O–H groups in total. The van der Waals surface area contributed by atoms with Crippen LogP contribution in [0.5, 0.6) is 0 Å². The molecule has 0 saturated carbocycles. The smallest absolute Gasteiger partial charge is 0.269 e. The van der Waals surface area contributed by atoms with Crippen molar-refractivity contribution in [1.29, 1.82) is 0 Å². The molecule has 0 fully saturated rings. The van der Waals surface area contributed by atoms with Gasteiger partial charge in [0.15, 0.2) is 0 Å². The second kappa shape index (κ2) is 9.34. The van der Waals surface area contributed by atoms with Crippen molar-refractivity contribution >= 4 is 23.2 Å². The Morgan fingerprint density at radius 3 is 2.62 bits per heavy atom. The Balaban J connectivity index is 1.77. The Bertz CT molecular complexity index is 1000. The van der Waals surface area contributed by atoms with E-state index in [4.69, 9.17) is 16.0 Å². The fraction of sp³-hybridized carbons (Fsp3) is 0.238. The quantitative estimate of drug-likeness (QED) is 0.434. The van der Waals surface area contributed by atoms with Gasteiger partial charge in [-0.3, -0.25) is 14.9 Å². The maximum atomic E-state index is 12.6. The number of rotatable bonds is 8. The molecule has 0 aliphatic heterocycles. The minimum atomic E-state index is -0.497. The van der Waals surface area contributed by atoms with Gasteiger partial charge in [0.2, 0.25) is 11.8 Å². The summed E-state index contributed by atoms with van der Waals surface area (Å²) in [5, 5.41) is 14.4. The van der Waals surface area contributed by atoms with E-state index < -0.39 is 11.0 Å². The van der Waals surface area contributed by atoms with Crippen LogP contribution in [0.3, 0.4) is 0 Å². The van der Waals surface area contributed by atoms with Gasteiger partial charge in [-0.15, -0.1) is 0 Å². The van der Waals surface area contributed by atoms with Gasteiger partial charge in [0.05, 0.1) is 17.0 Å². The Labute approximate surface area is 172 Å². The van der Waals surface area contributed by atoms with Crippen molar-refractivity contribution in [2.24, 2.45) is 0 Å². The lowest BCUT2D eigenvalue weighted by atomic mass is 10.0. The number of nitrogens with one attached hydrogen (secondary N) is 1. The Morgan fingerprint density at radius 1 is 1.24 bits per heavy atom. The standard InChI is InChI=1S/C21H20ClN3O4/c1-2-17-13-29-21(23-17)19(11-14-6-8-18(9-7-14)25(27)28)24-20(26)12-15-4-3-5-16(22)10-15/h3-10,13,19H,2,11-12H2,1H3,(H,24,26)/t19-/m0/s1. The number of benzene rings is 2. The van der Waals surface area contributed by atoms with Crippen LogP contribution in [0.2, 0.25) is 5.02 Å². The number of non-ortho nitro benzene ring substituents is 1.